The van der Waals surface area contributed by atoms with Crippen LogP contribution >= 0.6 is 0 Å². The van der Waals surface area contributed by atoms with Crippen molar-refractivity contribution >= 4 is 27.1 Å². The zero-order chi connectivity index (χ0) is 28.9. The summed E-state index contributed by atoms with van der Waals surface area (Å²) in [5.41, 5.74) is -1.10. The Balaban J connectivity index is 0.00000462. The zero-order valence-electron chi connectivity index (χ0n) is 22.3. The minimum Gasteiger partial charge on any atom is -0.494 e. The molecule has 2 aliphatic rings. The van der Waals surface area contributed by atoms with Crippen LogP contribution in [0.25, 0.3) is 0 Å². The molecular weight excluding hydrogens is 563 g/mol. The summed E-state index contributed by atoms with van der Waals surface area (Å²) in [6.45, 7) is 6.59. The topological polar surface area (TPSA) is 108 Å². The van der Waals surface area contributed by atoms with E-state index in [1.165, 1.54) is 10.4 Å². The van der Waals surface area contributed by atoms with Gasteiger partial charge in [-0.25, -0.2) is 12.7 Å². The van der Waals surface area contributed by atoms with Gasteiger partial charge in [-0.05, 0) is 56.2 Å². The number of benzene rings is 2. The number of nitrogens with zero attached hydrogens (tertiary/aromatic N) is 4. The highest BCUT2D eigenvalue weighted by molar-refractivity contribution is 7.89. The molecule has 4 rings (SSSR count). The molecule has 2 aliphatic heterocycles. The number of nitrogens with one attached hydrogen (secondary N) is 1. The molecule has 2 fully saturated rings. The molecule has 0 spiro atoms. The van der Waals surface area contributed by atoms with Crippen LogP contribution in [0.1, 0.15) is 32.8 Å². The third kappa shape index (κ3) is 8.46. The van der Waals surface area contributed by atoms with Gasteiger partial charge in [0.15, 0.2) is 0 Å². The van der Waals surface area contributed by atoms with Crippen molar-refractivity contribution in [2.45, 2.75) is 39.4 Å². The maximum Gasteiger partial charge on any atom is 0.423 e. The lowest BCUT2D eigenvalue weighted by Gasteiger charge is -2.37. The first kappa shape index (κ1) is 32.4. The molecule has 2 aromatic rings. The van der Waals surface area contributed by atoms with E-state index in [1.54, 1.807) is 0 Å². The summed E-state index contributed by atoms with van der Waals surface area (Å²) in [6, 6.07) is 10.5. The predicted octanol–water partition coefficient (Wildman–Crippen LogP) is 4.68. The minimum absolute atomic E-state index is 0. The third-order valence-electron chi connectivity index (χ3n) is 7.27. The van der Waals surface area contributed by atoms with Crippen LogP contribution in [0.2, 0.25) is 0 Å². The summed E-state index contributed by atoms with van der Waals surface area (Å²) >= 11 is 0. The number of piperazine rings is 1. The fraction of sp³-hybridized carbons (Fsp3) is 0.556. The van der Waals surface area contributed by atoms with Crippen LogP contribution in [0.15, 0.2) is 42.5 Å². The number of hydrogen-bond acceptors (Lipinski definition) is 8. The Morgan fingerprint density at radius 1 is 1.02 bits per heavy atom. The number of alkyl halides is 3. The van der Waals surface area contributed by atoms with Crippen molar-refractivity contribution in [3.63, 3.8) is 0 Å². The Bertz CT molecular complexity index is 1260. The van der Waals surface area contributed by atoms with Gasteiger partial charge in [0.1, 0.15) is 11.3 Å². The summed E-state index contributed by atoms with van der Waals surface area (Å²) in [4.78, 5) is 14.3. The summed E-state index contributed by atoms with van der Waals surface area (Å²) in [7, 11) is -3.48. The van der Waals surface area contributed by atoms with Crippen molar-refractivity contribution in [1.29, 1.82) is 0 Å². The van der Waals surface area contributed by atoms with Crippen LogP contribution in [-0.4, -0.2) is 86.8 Å². The van der Waals surface area contributed by atoms with Crippen molar-refractivity contribution in [3.05, 3.63) is 58.1 Å². The maximum absolute atomic E-state index is 13.3. The highest BCUT2D eigenvalue weighted by Gasteiger charge is 2.38. The van der Waals surface area contributed by atoms with Crippen LogP contribution in [0.3, 0.4) is 0 Å². The Kier molecular flexibility index (Phi) is 10.8. The molecule has 41 heavy (non-hydrogen) atoms. The van der Waals surface area contributed by atoms with Gasteiger partial charge < -0.3 is 15.0 Å². The molecular formula is C27H38F3N5O5S. The predicted molar refractivity (Wildman–Crippen MR) is 153 cm³/mol. The molecule has 0 saturated carbocycles. The average molecular weight is 602 g/mol. The number of piperidine rings is 1. The van der Waals surface area contributed by atoms with E-state index in [1.807, 2.05) is 31.2 Å². The third-order valence-corrected chi connectivity index (χ3v) is 9.12. The summed E-state index contributed by atoms with van der Waals surface area (Å²) in [5.74, 6) is 0.836. The number of rotatable bonds is 10. The summed E-state index contributed by atoms with van der Waals surface area (Å²) < 4.78 is 72.7. The van der Waals surface area contributed by atoms with E-state index in [2.05, 4.69) is 15.1 Å². The Labute approximate surface area is 239 Å². The van der Waals surface area contributed by atoms with E-state index >= 15 is 0 Å². The van der Waals surface area contributed by atoms with Crippen molar-refractivity contribution in [2.75, 3.05) is 68.4 Å². The first-order valence-corrected chi connectivity index (χ1v) is 14.9. The second-order valence-corrected chi connectivity index (χ2v) is 12.0. The number of sulfonamides is 1. The fourth-order valence-corrected chi connectivity index (χ4v) is 6.56. The van der Waals surface area contributed by atoms with Crippen molar-refractivity contribution in [1.82, 2.24) is 9.21 Å². The molecule has 0 aromatic heterocycles. The monoisotopic (exact) mass is 601 g/mol. The van der Waals surface area contributed by atoms with Crippen LogP contribution in [0.4, 0.5) is 30.2 Å². The molecule has 2 heterocycles. The van der Waals surface area contributed by atoms with Gasteiger partial charge in [0, 0.05) is 69.3 Å². The van der Waals surface area contributed by atoms with Crippen molar-refractivity contribution in [2.24, 2.45) is 0 Å². The quantitative estimate of drug-likeness (QED) is 0.309. The smallest absolute Gasteiger partial charge is 0.423 e. The molecule has 0 bridgehead atoms. The van der Waals surface area contributed by atoms with Gasteiger partial charge in [0.2, 0.25) is 10.0 Å². The molecule has 2 saturated heterocycles. The standard InChI is InChI=1S/C26H34F3N5O5S.CH4/c1-2-39-23-6-4-22(5-7-23)32-15-13-31(14-16-32)17-18-40(37,38)33-11-9-20(10-12-33)30-21-3-8-25(34(35)36)24(19-21)26(27,28)29;/h3-8,19-20,30H,2,9-18H2,1H3;1H4. The molecule has 14 heteroatoms. The van der Waals surface area contributed by atoms with Crippen LogP contribution in [-0.2, 0) is 16.2 Å². The van der Waals surface area contributed by atoms with Gasteiger partial charge in [-0.15, -0.1) is 0 Å². The number of nitro groups is 1. The van der Waals surface area contributed by atoms with E-state index < -0.39 is 32.4 Å². The molecule has 0 atom stereocenters. The number of anilines is 2. The highest BCUT2D eigenvalue weighted by atomic mass is 32.2. The van der Waals surface area contributed by atoms with Crippen LogP contribution in [0, 0.1) is 10.1 Å². The van der Waals surface area contributed by atoms with Gasteiger partial charge in [0.25, 0.3) is 5.69 Å². The summed E-state index contributed by atoms with van der Waals surface area (Å²) in [6.07, 6.45) is -4.03. The number of hydrogen-bond donors (Lipinski definition) is 1. The fourth-order valence-electron chi connectivity index (χ4n) is 5.05. The first-order valence-electron chi connectivity index (χ1n) is 13.3. The van der Waals surface area contributed by atoms with Gasteiger partial charge in [-0.3, -0.25) is 15.0 Å². The number of ether oxygens (including phenoxy) is 1. The van der Waals surface area contributed by atoms with Crippen LogP contribution in [0.5, 0.6) is 5.75 Å². The molecule has 0 amide bonds. The maximum atomic E-state index is 13.3. The number of halogens is 3. The SMILES string of the molecule is C.CCOc1ccc(N2CCN(CCS(=O)(=O)N3CCC(Nc4ccc([N+](=O)[O-])c(C(F)(F)F)c4)CC3)CC2)cc1. The second kappa shape index (κ2) is 13.7. The molecule has 10 nitrogen and oxygen atoms in total. The van der Waals surface area contributed by atoms with E-state index in [0.29, 0.717) is 26.0 Å². The summed E-state index contributed by atoms with van der Waals surface area (Å²) in [5, 5.41) is 13.9. The first-order chi connectivity index (χ1) is 19.0. The van der Waals surface area contributed by atoms with Gasteiger partial charge in [-0.2, -0.15) is 13.2 Å². The van der Waals surface area contributed by atoms with Crippen molar-refractivity contribution < 1.29 is 31.2 Å². The van der Waals surface area contributed by atoms with E-state index in [0.717, 1.165) is 49.7 Å². The van der Waals surface area contributed by atoms with Crippen LogP contribution < -0.4 is 15.0 Å². The molecule has 0 unspecified atom stereocenters. The molecule has 0 radical (unpaired) electrons. The van der Waals surface area contributed by atoms with Gasteiger partial charge in [-0.1, -0.05) is 7.43 Å². The molecule has 1 N–H and O–H groups in total. The van der Waals surface area contributed by atoms with E-state index in [-0.39, 0.29) is 38.0 Å². The average Bonchev–Trinajstić information content (AvgIpc) is 2.93. The van der Waals surface area contributed by atoms with Gasteiger partial charge >= 0.3 is 6.18 Å². The number of nitro benzene ring substituents is 1. The lowest BCUT2D eigenvalue weighted by molar-refractivity contribution is -0.388. The van der Waals surface area contributed by atoms with Crippen molar-refractivity contribution in [3.8, 4) is 5.75 Å². The minimum atomic E-state index is -4.86. The normalized spacial score (nSPS) is 17.6. The lowest BCUT2D eigenvalue weighted by Crippen LogP contribution is -2.49. The molecule has 2 aromatic carbocycles. The largest absolute Gasteiger partial charge is 0.494 e. The van der Waals surface area contributed by atoms with Gasteiger partial charge in [0.05, 0.1) is 17.3 Å². The second-order valence-electron chi connectivity index (χ2n) is 9.88. The molecule has 228 valence electrons. The Morgan fingerprint density at radius 2 is 1.66 bits per heavy atom. The van der Waals surface area contributed by atoms with E-state index in [4.69, 9.17) is 4.74 Å². The zero-order valence-corrected chi connectivity index (χ0v) is 23.1. The van der Waals surface area contributed by atoms with E-state index in [9.17, 15) is 31.7 Å². The Hall–Kier alpha value is -3.10. The Morgan fingerprint density at radius 3 is 2.22 bits per heavy atom. The lowest BCUT2D eigenvalue weighted by atomic mass is 10.1. The highest BCUT2D eigenvalue weighted by Crippen LogP contribution is 2.38. The molecule has 0 aliphatic carbocycles.